The van der Waals surface area contributed by atoms with Gasteiger partial charge in [0.15, 0.2) is 0 Å². The van der Waals surface area contributed by atoms with Crippen molar-refractivity contribution in [3.8, 4) is 0 Å². The van der Waals surface area contributed by atoms with Crippen molar-refractivity contribution in [3.63, 3.8) is 0 Å². The van der Waals surface area contributed by atoms with Gasteiger partial charge in [0, 0.05) is 18.2 Å². The number of rotatable bonds is 1. The molecular formula is C13H21NO. The summed E-state index contributed by atoms with van der Waals surface area (Å²) in [6.07, 6.45) is 5.61. The molecule has 0 aromatic heterocycles. The zero-order valence-electron chi connectivity index (χ0n) is 10.0. The molecule has 1 amide bonds. The molecular weight excluding hydrogens is 186 g/mol. The summed E-state index contributed by atoms with van der Waals surface area (Å²) in [6, 6.07) is 0.327. The third-order valence-corrected chi connectivity index (χ3v) is 3.63. The Hall–Kier alpha value is -0.790. The molecule has 2 nitrogen and oxygen atoms in total. The zero-order valence-corrected chi connectivity index (χ0v) is 10.0. The number of hydrogen-bond acceptors (Lipinski definition) is 1. The van der Waals surface area contributed by atoms with E-state index >= 15 is 0 Å². The van der Waals surface area contributed by atoms with Crippen molar-refractivity contribution in [1.82, 2.24) is 4.90 Å². The topological polar surface area (TPSA) is 20.3 Å². The van der Waals surface area contributed by atoms with E-state index in [1.165, 1.54) is 25.0 Å². The van der Waals surface area contributed by atoms with Gasteiger partial charge >= 0.3 is 0 Å². The summed E-state index contributed by atoms with van der Waals surface area (Å²) in [5.74, 6) is 0.820. The van der Waals surface area contributed by atoms with Crippen molar-refractivity contribution in [3.05, 3.63) is 11.3 Å². The first-order valence-electron chi connectivity index (χ1n) is 6.15. The molecule has 0 aromatic carbocycles. The van der Waals surface area contributed by atoms with Gasteiger partial charge in [0.25, 0.3) is 0 Å². The van der Waals surface area contributed by atoms with E-state index in [-0.39, 0.29) is 0 Å². The van der Waals surface area contributed by atoms with E-state index in [0.29, 0.717) is 17.9 Å². The van der Waals surface area contributed by atoms with Crippen LogP contribution in [0.2, 0.25) is 0 Å². The lowest BCUT2D eigenvalue weighted by molar-refractivity contribution is -0.132. The number of allylic oxidation sites excluding steroid dienone is 2. The van der Waals surface area contributed by atoms with Crippen LogP contribution < -0.4 is 0 Å². The second kappa shape index (κ2) is 3.99. The van der Waals surface area contributed by atoms with Gasteiger partial charge in [-0.25, -0.2) is 0 Å². The van der Waals surface area contributed by atoms with E-state index in [9.17, 15) is 4.79 Å². The molecule has 0 bridgehead atoms. The lowest BCUT2D eigenvalue weighted by atomic mass is 9.82. The molecule has 0 N–H and O–H groups in total. The van der Waals surface area contributed by atoms with Gasteiger partial charge in [0.2, 0.25) is 5.91 Å². The third-order valence-electron chi connectivity index (χ3n) is 3.63. The Balaban J connectivity index is 2.37. The lowest BCUT2D eigenvalue weighted by Gasteiger charge is -2.40. The molecule has 2 heteroatoms. The van der Waals surface area contributed by atoms with E-state index in [2.05, 4.69) is 25.7 Å². The zero-order chi connectivity index (χ0) is 11.0. The van der Waals surface area contributed by atoms with Gasteiger partial charge in [0.05, 0.1) is 0 Å². The summed E-state index contributed by atoms with van der Waals surface area (Å²) in [6.45, 7) is 6.44. The molecule has 15 heavy (non-hydrogen) atoms. The van der Waals surface area contributed by atoms with Gasteiger partial charge in [-0.1, -0.05) is 6.92 Å². The fraction of sp³-hybridized carbons (Fsp3) is 0.769. The van der Waals surface area contributed by atoms with Crippen molar-refractivity contribution < 1.29 is 4.79 Å². The van der Waals surface area contributed by atoms with Crippen molar-refractivity contribution in [1.29, 1.82) is 0 Å². The number of carbonyl (C=O) groups excluding carboxylic acids is 1. The van der Waals surface area contributed by atoms with Crippen LogP contribution in [0.4, 0.5) is 0 Å². The van der Waals surface area contributed by atoms with E-state index in [4.69, 9.17) is 0 Å². The minimum Gasteiger partial charge on any atom is -0.314 e. The predicted molar refractivity (Wildman–Crippen MR) is 61.3 cm³/mol. The van der Waals surface area contributed by atoms with Crippen LogP contribution in [-0.2, 0) is 4.79 Å². The molecule has 1 aliphatic carbocycles. The van der Waals surface area contributed by atoms with Gasteiger partial charge in [0.1, 0.15) is 0 Å². The molecule has 1 unspecified atom stereocenters. The Morgan fingerprint density at radius 1 is 1.27 bits per heavy atom. The molecule has 0 fully saturated rings. The number of amides is 1. The van der Waals surface area contributed by atoms with Crippen LogP contribution in [0, 0.1) is 5.92 Å². The van der Waals surface area contributed by atoms with E-state index in [1.807, 2.05) is 0 Å². The van der Waals surface area contributed by atoms with Gasteiger partial charge in [-0.05, 0) is 51.0 Å². The van der Waals surface area contributed by atoms with Crippen molar-refractivity contribution in [2.24, 2.45) is 5.92 Å². The second-order valence-electron chi connectivity index (χ2n) is 5.14. The molecule has 0 saturated carbocycles. The maximum atomic E-state index is 12.0. The van der Waals surface area contributed by atoms with Crippen molar-refractivity contribution in [2.75, 3.05) is 0 Å². The fourth-order valence-corrected chi connectivity index (χ4v) is 2.95. The quantitative estimate of drug-likeness (QED) is 0.647. The second-order valence-corrected chi connectivity index (χ2v) is 5.14. The first-order chi connectivity index (χ1) is 7.11. The summed E-state index contributed by atoms with van der Waals surface area (Å²) < 4.78 is 0. The monoisotopic (exact) mass is 207 g/mol. The highest BCUT2D eigenvalue weighted by atomic mass is 16.2. The maximum Gasteiger partial charge on any atom is 0.227 e. The maximum absolute atomic E-state index is 12.0. The van der Waals surface area contributed by atoms with Crippen molar-refractivity contribution in [2.45, 2.75) is 58.9 Å². The fourth-order valence-electron chi connectivity index (χ4n) is 2.95. The van der Waals surface area contributed by atoms with Crippen LogP contribution in [0.25, 0.3) is 0 Å². The highest BCUT2D eigenvalue weighted by Gasteiger charge is 2.33. The Kier molecular flexibility index (Phi) is 2.85. The smallest absolute Gasteiger partial charge is 0.227 e. The van der Waals surface area contributed by atoms with E-state index < -0.39 is 0 Å². The predicted octanol–water partition coefficient (Wildman–Crippen LogP) is 3.09. The Morgan fingerprint density at radius 2 is 1.93 bits per heavy atom. The lowest BCUT2D eigenvalue weighted by Crippen LogP contribution is -2.42. The van der Waals surface area contributed by atoms with Crippen LogP contribution in [-0.4, -0.2) is 16.8 Å². The molecule has 0 radical (unpaired) electrons. The molecule has 0 aromatic rings. The summed E-state index contributed by atoms with van der Waals surface area (Å²) in [5.41, 5.74) is 2.93. The first kappa shape index (κ1) is 10.7. The van der Waals surface area contributed by atoms with Gasteiger partial charge in [-0.3, -0.25) is 4.79 Å². The average Bonchev–Trinajstić information content (AvgIpc) is 2.17. The largest absolute Gasteiger partial charge is 0.314 e. The highest BCUT2D eigenvalue weighted by molar-refractivity contribution is 5.80. The molecule has 1 aliphatic heterocycles. The standard InChI is InChI=1S/C13H21NO/c1-9(2)14-12-7-5-4-6-11(12)10(3)8-13(14)15/h9-10H,4-8H2,1-3H3. The van der Waals surface area contributed by atoms with E-state index in [0.717, 1.165) is 12.8 Å². The van der Waals surface area contributed by atoms with Gasteiger partial charge in [-0.15, -0.1) is 0 Å². The number of carbonyl (C=O) groups is 1. The molecule has 2 aliphatic rings. The SMILES string of the molecule is CC1CC(=O)N(C(C)C)C2=C1CCCC2. The first-order valence-corrected chi connectivity index (χ1v) is 6.15. The average molecular weight is 207 g/mol. The van der Waals surface area contributed by atoms with Gasteiger partial charge in [-0.2, -0.15) is 0 Å². The minimum atomic E-state index is 0.327. The van der Waals surface area contributed by atoms with Crippen LogP contribution in [0.3, 0.4) is 0 Å². The Bertz CT molecular complexity index is 304. The molecule has 0 spiro atoms. The number of nitrogens with zero attached hydrogens (tertiary/aromatic N) is 1. The minimum absolute atomic E-state index is 0.327. The number of hydrogen-bond donors (Lipinski definition) is 0. The highest BCUT2D eigenvalue weighted by Crippen LogP contribution is 2.38. The summed E-state index contributed by atoms with van der Waals surface area (Å²) >= 11 is 0. The molecule has 2 rings (SSSR count). The Labute approximate surface area is 92.3 Å². The molecule has 0 saturated heterocycles. The van der Waals surface area contributed by atoms with E-state index in [1.54, 1.807) is 5.57 Å². The molecule has 84 valence electrons. The molecule has 1 atom stereocenters. The summed E-state index contributed by atoms with van der Waals surface area (Å²) in [5, 5.41) is 0. The van der Waals surface area contributed by atoms with Crippen LogP contribution in [0.15, 0.2) is 11.3 Å². The third kappa shape index (κ3) is 1.82. The summed E-state index contributed by atoms with van der Waals surface area (Å²) in [7, 11) is 0. The summed E-state index contributed by atoms with van der Waals surface area (Å²) in [4.78, 5) is 14.0. The normalized spacial score (nSPS) is 27.3. The van der Waals surface area contributed by atoms with Crippen LogP contribution in [0.1, 0.15) is 52.9 Å². The van der Waals surface area contributed by atoms with Crippen molar-refractivity contribution >= 4 is 5.91 Å². The Morgan fingerprint density at radius 3 is 2.60 bits per heavy atom. The molecule has 1 heterocycles. The van der Waals surface area contributed by atoms with Crippen LogP contribution in [0.5, 0.6) is 0 Å². The van der Waals surface area contributed by atoms with Crippen LogP contribution >= 0.6 is 0 Å². The van der Waals surface area contributed by atoms with Gasteiger partial charge < -0.3 is 4.90 Å².